The highest BCUT2D eigenvalue weighted by Crippen LogP contribution is 2.15. The zero-order valence-corrected chi connectivity index (χ0v) is 16.9. The first-order chi connectivity index (χ1) is 10.8. The van der Waals surface area contributed by atoms with Crippen molar-refractivity contribution in [3.05, 3.63) is 34.3 Å². The molecule has 0 heterocycles. The number of unbranched alkanes of at least 4 members (excludes halogenated alkanes) is 3. The third-order valence-electron chi connectivity index (χ3n) is 3.65. The topological polar surface area (TPSA) is 18.5 Å². The fourth-order valence-electron chi connectivity index (χ4n) is 2.27. The average molecular weight is 387 g/mol. The fraction of sp³-hybridized carbons (Fsp3) is 0.667. The number of halogens is 1. The normalized spacial score (nSPS) is 11.3. The van der Waals surface area contributed by atoms with Crippen LogP contribution in [-0.2, 0) is 15.3 Å². The van der Waals surface area contributed by atoms with Crippen molar-refractivity contribution in [2.24, 2.45) is 0 Å². The van der Waals surface area contributed by atoms with Gasteiger partial charge in [0.15, 0.2) is 0 Å². The highest BCUT2D eigenvalue weighted by atomic mass is 79.9. The largest absolute Gasteiger partial charge is 0.397 e. The molecule has 0 unspecified atom stereocenters. The third-order valence-corrected chi connectivity index (χ3v) is 6.24. The molecule has 0 bridgehead atoms. The summed E-state index contributed by atoms with van der Waals surface area (Å²) in [4.78, 5) is 0. The van der Waals surface area contributed by atoms with Gasteiger partial charge in [-0.2, -0.15) is 0 Å². The average Bonchev–Trinajstić information content (AvgIpc) is 2.51. The van der Waals surface area contributed by atoms with Crippen LogP contribution in [0, 0.1) is 0 Å². The Hall–Kier alpha value is -0.163. The van der Waals surface area contributed by atoms with Crippen LogP contribution in [0.2, 0.25) is 6.04 Å². The van der Waals surface area contributed by atoms with Gasteiger partial charge in [-0.25, -0.2) is 0 Å². The maximum absolute atomic E-state index is 6.01. The van der Waals surface area contributed by atoms with E-state index in [1.807, 2.05) is 0 Å². The third kappa shape index (κ3) is 9.77. The molecule has 1 aromatic carbocycles. The Morgan fingerprint density at radius 1 is 0.955 bits per heavy atom. The molecule has 0 atom stereocenters. The van der Waals surface area contributed by atoms with Crippen molar-refractivity contribution in [1.29, 1.82) is 0 Å². The van der Waals surface area contributed by atoms with Crippen LogP contribution in [0.4, 0.5) is 0 Å². The quantitative estimate of drug-likeness (QED) is 0.323. The van der Waals surface area contributed by atoms with Gasteiger partial charge in [0.25, 0.3) is 0 Å². The molecule has 0 aliphatic carbocycles. The smallest absolute Gasteiger partial charge is 0.321 e. The van der Waals surface area contributed by atoms with Crippen molar-refractivity contribution in [2.75, 3.05) is 13.2 Å². The molecule has 0 radical (unpaired) electrons. The van der Waals surface area contributed by atoms with E-state index in [2.05, 4.69) is 54.0 Å². The van der Waals surface area contributed by atoms with E-state index in [0.29, 0.717) is 0 Å². The number of hydrogen-bond acceptors (Lipinski definition) is 2. The summed E-state index contributed by atoms with van der Waals surface area (Å²) in [7, 11) is -1.44. The van der Waals surface area contributed by atoms with E-state index >= 15 is 0 Å². The molecule has 2 nitrogen and oxygen atoms in total. The van der Waals surface area contributed by atoms with Crippen molar-refractivity contribution in [2.45, 2.75) is 64.8 Å². The van der Waals surface area contributed by atoms with Crippen LogP contribution in [-0.4, -0.2) is 22.5 Å². The monoisotopic (exact) mass is 386 g/mol. The highest BCUT2D eigenvalue weighted by molar-refractivity contribution is 9.10. The predicted octanol–water partition coefficient (Wildman–Crippen LogP) is 5.63. The van der Waals surface area contributed by atoms with Gasteiger partial charge in [0.1, 0.15) is 0 Å². The van der Waals surface area contributed by atoms with Gasteiger partial charge in [0.2, 0.25) is 0 Å². The van der Waals surface area contributed by atoms with Crippen LogP contribution < -0.4 is 0 Å². The van der Waals surface area contributed by atoms with Gasteiger partial charge in [0, 0.05) is 17.7 Å². The van der Waals surface area contributed by atoms with E-state index in [4.69, 9.17) is 8.85 Å². The second kappa shape index (κ2) is 13.3. The number of aryl methyl sites for hydroxylation is 1. The van der Waals surface area contributed by atoms with Crippen LogP contribution in [0.25, 0.3) is 0 Å². The summed E-state index contributed by atoms with van der Waals surface area (Å²) in [5.41, 5.74) is 1.41. The molecule has 0 aromatic heterocycles. The van der Waals surface area contributed by atoms with E-state index in [9.17, 15) is 0 Å². The summed E-state index contributed by atoms with van der Waals surface area (Å²) in [6.45, 7) is 6.17. The molecular formula is C18H31BrO2Si. The maximum atomic E-state index is 6.01. The summed E-state index contributed by atoms with van der Waals surface area (Å²) < 4.78 is 13.2. The molecule has 1 rings (SSSR count). The number of benzene rings is 1. The molecule has 126 valence electrons. The first kappa shape index (κ1) is 19.9. The zero-order chi connectivity index (χ0) is 16.0. The highest BCUT2D eigenvalue weighted by Gasteiger charge is 2.12. The molecule has 0 N–H and O–H groups in total. The maximum Gasteiger partial charge on any atom is 0.321 e. The second-order valence-corrected chi connectivity index (χ2v) is 8.77. The van der Waals surface area contributed by atoms with Crippen LogP contribution >= 0.6 is 15.9 Å². The van der Waals surface area contributed by atoms with Gasteiger partial charge in [-0.3, -0.25) is 0 Å². The van der Waals surface area contributed by atoms with Crippen LogP contribution in [0.5, 0.6) is 0 Å². The molecule has 0 saturated heterocycles. The number of rotatable bonds is 13. The lowest BCUT2D eigenvalue weighted by molar-refractivity contribution is 0.190. The van der Waals surface area contributed by atoms with Crippen LogP contribution in [0.3, 0.4) is 0 Å². The Balaban J connectivity index is 2.22. The summed E-state index contributed by atoms with van der Waals surface area (Å²) in [6.07, 6.45) is 8.26. The second-order valence-electron chi connectivity index (χ2n) is 5.75. The van der Waals surface area contributed by atoms with Gasteiger partial charge in [-0.15, -0.1) is 0 Å². The summed E-state index contributed by atoms with van der Waals surface area (Å²) in [5.74, 6) is 0. The van der Waals surface area contributed by atoms with Crippen molar-refractivity contribution < 1.29 is 8.85 Å². The molecule has 1 aromatic rings. The zero-order valence-electron chi connectivity index (χ0n) is 14.2. The molecule has 0 aliphatic heterocycles. The Morgan fingerprint density at radius 3 is 2.23 bits per heavy atom. The molecule has 0 spiro atoms. The van der Waals surface area contributed by atoms with Crippen molar-refractivity contribution in [1.82, 2.24) is 0 Å². The van der Waals surface area contributed by atoms with Crippen molar-refractivity contribution >= 4 is 25.2 Å². The molecular weight excluding hydrogens is 356 g/mol. The van der Waals surface area contributed by atoms with Crippen LogP contribution in [0.15, 0.2) is 28.7 Å². The molecule has 0 saturated carbocycles. The fourth-order valence-corrected chi connectivity index (χ4v) is 4.62. The first-order valence-corrected chi connectivity index (χ1v) is 11.3. The summed E-state index contributed by atoms with van der Waals surface area (Å²) >= 11 is 3.53. The molecule has 22 heavy (non-hydrogen) atoms. The van der Waals surface area contributed by atoms with Gasteiger partial charge in [0.05, 0.1) is 0 Å². The molecule has 0 fully saturated rings. The lowest BCUT2D eigenvalue weighted by atomic mass is 10.1. The summed E-state index contributed by atoms with van der Waals surface area (Å²) in [6, 6.07) is 9.75. The van der Waals surface area contributed by atoms with E-state index in [1.54, 1.807) is 0 Å². The van der Waals surface area contributed by atoms with Gasteiger partial charge in [-0.1, -0.05) is 61.2 Å². The number of hydrogen-bond donors (Lipinski definition) is 0. The Bertz CT molecular complexity index is 377. The van der Waals surface area contributed by atoms with Gasteiger partial charge >= 0.3 is 9.28 Å². The van der Waals surface area contributed by atoms with E-state index in [1.165, 1.54) is 35.7 Å². The van der Waals surface area contributed by atoms with E-state index in [0.717, 1.165) is 38.5 Å². The van der Waals surface area contributed by atoms with Gasteiger partial charge in [-0.05, 0) is 49.4 Å². The minimum absolute atomic E-state index is 0.880. The molecule has 4 heteroatoms. The van der Waals surface area contributed by atoms with E-state index < -0.39 is 9.28 Å². The Kier molecular flexibility index (Phi) is 12.0. The SMILES string of the molecule is CCCCO[SiH](CCCCc1cccc(Br)c1)OCCCC. The van der Waals surface area contributed by atoms with Crippen molar-refractivity contribution in [3.8, 4) is 0 Å². The summed E-state index contributed by atoms with van der Waals surface area (Å²) in [5, 5.41) is 0. The predicted molar refractivity (Wildman–Crippen MR) is 101 cm³/mol. The van der Waals surface area contributed by atoms with Crippen molar-refractivity contribution in [3.63, 3.8) is 0 Å². The standard InChI is InChI=1S/C18H31BrO2Si/c1-3-5-13-20-22(21-14-6-4-2)15-8-7-10-17-11-9-12-18(19)16-17/h9,11-12,16,22H,3-8,10,13-15H2,1-2H3. The Morgan fingerprint density at radius 2 is 1.64 bits per heavy atom. The Labute approximate surface area is 146 Å². The lowest BCUT2D eigenvalue weighted by Crippen LogP contribution is -2.24. The lowest BCUT2D eigenvalue weighted by Gasteiger charge is -2.16. The minimum atomic E-state index is -1.44. The first-order valence-electron chi connectivity index (χ1n) is 8.74. The van der Waals surface area contributed by atoms with Gasteiger partial charge < -0.3 is 8.85 Å². The van der Waals surface area contributed by atoms with E-state index in [-0.39, 0.29) is 0 Å². The molecule has 0 amide bonds. The minimum Gasteiger partial charge on any atom is -0.397 e. The van der Waals surface area contributed by atoms with Crippen LogP contribution in [0.1, 0.15) is 57.9 Å². The molecule has 0 aliphatic rings.